The van der Waals surface area contributed by atoms with Crippen molar-refractivity contribution in [2.24, 2.45) is 11.0 Å². The number of ketones is 1. The highest BCUT2D eigenvalue weighted by molar-refractivity contribution is 5.99. The molecule has 0 N–H and O–H groups in total. The summed E-state index contributed by atoms with van der Waals surface area (Å²) in [4.78, 5) is 27.0. The fourth-order valence-electron chi connectivity index (χ4n) is 4.91. The number of hydrazone groups is 1. The fourth-order valence-corrected chi connectivity index (χ4v) is 4.91. The van der Waals surface area contributed by atoms with Crippen LogP contribution in [0.5, 0.6) is 0 Å². The predicted molar refractivity (Wildman–Crippen MR) is 126 cm³/mol. The Morgan fingerprint density at radius 2 is 1.48 bits per heavy atom. The quantitative estimate of drug-likeness (QED) is 0.555. The third kappa shape index (κ3) is 3.84. The van der Waals surface area contributed by atoms with Gasteiger partial charge in [-0.2, -0.15) is 5.01 Å². The molecule has 1 saturated carbocycles. The third-order valence-electron chi connectivity index (χ3n) is 6.61. The van der Waals surface area contributed by atoms with Crippen molar-refractivity contribution in [2.45, 2.75) is 37.8 Å². The summed E-state index contributed by atoms with van der Waals surface area (Å²) >= 11 is 0. The number of Topliss-reactive ketones (excluding diaryl/α,β-unsaturated/α-hetero) is 1. The molecule has 0 bridgehead atoms. The van der Waals surface area contributed by atoms with E-state index in [2.05, 4.69) is 5.10 Å². The molecule has 3 aromatic carbocycles. The van der Waals surface area contributed by atoms with Crippen LogP contribution in [0.1, 0.15) is 48.8 Å². The highest BCUT2D eigenvalue weighted by atomic mass is 16.6. The summed E-state index contributed by atoms with van der Waals surface area (Å²) in [6.07, 6.45) is 1.98. The van der Waals surface area contributed by atoms with Gasteiger partial charge in [-0.25, -0.2) is 0 Å². The lowest BCUT2D eigenvalue weighted by Gasteiger charge is -2.37. The van der Waals surface area contributed by atoms with Gasteiger partial charge in [-0.1, -0.05) is 78.9 Å². The number of nitrogens with zero attached hydrogens (tertiary/aromatic N) is 2. The van der Waals surface area contributed by atoms with Crippen molar-refractivity contribution in [3.05, 3.63) is 108 Å². The van der Waals surface area contributed by atoms with Crippen molar-refractivity contribution in [3.8, 4) is 0 Å². The largest absolute Gasteiger partial charge is 0.447 e. The van der Waals surface area contributed by atoms with Gasteiger partial charge in [0, 0.05) is 12.0 Å². The van der Waals surface area contributed by atoms with Crippen molar-refractivity contribution >= 4 is 17.6 Å². The zero-order valence-electron chi connectivity index (χ0n) is 18.6. The number of amides is 1. The van der Waals surface area contributed by atoms with Crippen LogP contribution in [0.3, 0.4) is 0 Å². The molecule has 1 aliphatic heterocycles. The molecule has 1 amide bonds. The van der Waals surface area contributed by atoms with Crippen molar-refractivity contribution in [1.82, 2.24) is 5.01 Å². The van der Waals surface area contributed by atoms with E-state index in [0.29, 0.717) is 18.7 Å². The Labute approximate surface area is 193 Å². The lowest BCUT2D eigenvalue weighted by Crippen LogP contribution is -2.53. The molecule has 33 heavy (non-hydrogen) atoms. The van der Waals surface area contributed by atoms with Crippen LogP contribution < -0.4 is 0 Å². The van der Waals surface area contributed by atoms with Gasteiger partial charge < -0.3 is 4.74 Å². The highest BCUT2D eigenvalue weighted by Gasteiger charge is 2.55. The number of rotatable bonds is 5. The SMILES string of the molecule is C[C@@]1([C@@H]2CCCC2=O)OC(c2ccccc2)=NN1C(=O)C(c1ccccc1)c1ccccc1. The molecule has 0 saturated heterocycles. The average molecular weight is 439 g/mol. The van der Waals surface area contributed by atoms with Gasteiger partial charge in [0.2, 0.25) is 11.6 Å². The maximum Gasteiger partial charge on any atom is 0.258 e. The average Bonchev–Trinajstić information content (AvgIpc) is 3.45. The van der Waals surface area contributed by atoms with E-state index in [4.69, 9.17) is 4.74 Å². The molecular weight excluding hydrogens is 412 g/mol. The molecule has 0 aromatic heterocycles. The van der Waals surface area contributed by atoms with E-state index in [-0.39, 0.29) is 11.7 Å². The van der Waals surface area contributed by atoms with Crippen LogP contribution in [0.4, 0.5) is 0 Å². The Hall–Kier alpha value is -3.73. The number of hydrogen-bond donors (Lipinski definition) is 0. The number of ether oxygens (including phenoxy) is 1. The minimum absolute atomic E-state index is 0.121. The molecule has 166 valence electrons. The van der Waals surface area contributed by atoms with Crippen LogP contribution in [0, 0.1) is 5.92 Å². The normalized spacial score (nSPS) is 22.4. The third-order valence-corrected chi connectivity index (χ3v) is 6.61. The summed E-state index contributed by atoms with van der Waals surface area (Å²) < 4.78 is 6.38. The summed E-state index contributed by atoms with van der Waals surface area (Å²) in [5.41, 5.74) is 1.35. The van der Waals surface area contributed by atoms with Crippen LogP contribution >= 0.6 is 0 Å². The number of carbonyl (C=O) groups is 2. The van der Waals surface area contributed by atoms with E-state index in [9.17, 15) is 9.59 Å². The molecule has 0 unspecified atom stereocenters. The van der Waals surface area contributed by atoms with E-state index in [1.807, 2.05) is 97.9 Å². The standard InChI is InChI=1S/C28H26N2O3/c1-28(23-18-11-19-24(23)31)30(29-26(33-28)22-16-9-4-10-17-22)27(32)25(20-12-5-2-6-13-20)21-14-7-3-8-15-21/h2-10,12-17,23,25H,11,18-19H2,1H3/t23-,28+/m1/s1. The maximum atomic E-state index is 14.2. The summed E-state index contributed by atoms with van der Waals surface area (Å²) in [5.74, 6) is -0.702. The minimum atomic E-state index is -1.17. The first-order valence-electron chi connectivity index (χ1n) is 11.4. The van der Waals surface area contributed by atoms with Crippen LogP contribution in [-0.4, -0.2) is 28.3 Å². The van der Waals surface area contributed by atoms with Crippen molar-refractivity contribution < 1.29 is 14.3 Å². The van der Waals surface area contributed by atoms with Gasteiger partial charge in [0.1, 0.15) is 5.78 Å². The second-order valence-electron chi connectivity index (χ2n) is 8.74. The molecule has 1 fully saturated rings. The first kappa shape index (κ1) is 21.1. The molecule has 0 radical (unpaired) electrons. The molecule has 5 rings (SSSR count). The van der Waals surface area contributed by atoms with Gasteiger partial charge in [-0.05, 0) is 43.0 Å². The van der Waals surface area contributed by atoms with E-state index in [1.165, 1.54) is 5.01 Å². The van der Waals surface area contributed by atoms with Crippen molar-refractivity contribution in [1.29, 1.82) is 0 Å². The van der Waals surface area contributed by atoms with Gasteiger partial charge in [0.25, 0.3) is 5.91 Å². The molecule has 0 spiro atoms. The van der Waals surface area contributed by atoms with Gasteiger partial charge in [0.05, 0.1) is 11.8 Å². The summed E-state index contributed by atoms with van der Waals surface area (Å²) in [5, 5.41) is 6.13. The Bertz CT molecular complexity index is 1140. The Morgan fingerprint density at radius 1 is 0.939 bits per heavy atom. The number of carbonyl (C=O) groups excluding carboxylic acids is 2. The lowest BCUT2D eigenvalue weighted by atomic mass is 9.88. The molecule has 1 aliphatic carbocycles. The monoisotopic (exact) mass is 438 g/mol. The molecule has 2 atom stereocenters. The van der Waals surface area contributed by atoms with Crippen molar-refractivity contribution in [2.75, 3.05) is 0 Å². The van der Waals surface area contributed by atoms with Gasteiger partial charge >= 0.3 is 0 Å². The van der Waals surface area contributed by atoms with Crippen LogP contribution in [0.15, 0.2) is 96.1 Å². The minimum Gasteiger partial charge on any atom is -0.447 e. The Balaban J connectivity index is 1.61. The number of benzene rings is 3. The van der Waals surface area contributed by atoms with Crippen LogP contribution in [0.25, 0.3) is 0 Å². The summed E-state index contributed by atoms with van der Waals surface area (Å²) in [6.45, 7) is 1.82. The zero-order chi connectivity index (χ0) is 22.8. The first-order valence-corrected chi connectivity index (χ1v) is 11.4. The van der Waals surface area contributed by atoms with Gasteiger partial charge in [-0.15, -0.1) is 5.10 Å². The smallest absolute Gasteiger partial charge is 0.258 e. The van der Waals surface area contributed by atoms with Gasteiger partial charge in [-0.3, -0.25) is 9.59 Å². The van der Waals surface area contributed by atoms with Crippen LogP contribution in [-0.2, 0) is 14.3 Å². The zero-order valence-corrected chi connectivity index (χ0v) is 18.6. The lowest BCUT2D eigenvalue weighted by molar-refractivity contribution is -0.159. The molecule has 1 heterocycles. The Kier molecular flexibility index (Phi) is 5.55. The van der Waals surface area contributed by atoms with Crippen LogP contribution in [0.2, 0.25) is 0 Å². The summed E-state index contributed by atoms with van der Waals surface area (Å²) in [6, 6.07) is 28.9. The molecule has 3 aromatic rings. The predicted octanol–water partition coefficient (Wildman–Crippen LogP) is 5.12. The summed E-state index contributed by atoms with van der Waals surface area (Å²) in [7, 11) is 0. The molecule has 5 nitrogen and oxygen atoms in total. The van der Waals surface area contributed by atoms with E-state index in [1.54, 1.807) is 0 Å². The topological polar surface area (TPSA) is 59.0 Å². The maximum absolute atomic E-state index is 14.2. The highest BCUT2D eigenvalue weighted by Crippen LogP contribution is 2.42. The second-order valence-corrected chi connectivity index (χ2v) is 8.74. The molecular formula is C28H26N2O3. The first-order chi connectivity index (χ1) is 16.1. The van der Waals surface area contributed by atoms with E-state index >= 15 is 0 Å². The van der Waals surface area contributed by atoms with E-state index in [0.717, 1.165) is 23.1 Å². The molecule has 2 aliphatic rings. The molecule has 5 heteroatoms. The second kappa shape index (κ2) is 8.66. The Morgan fingerprint density at radius 3 is 2.00 bits per heavy atom. The van der Waals surface area contributed by atoms with Gasteiger partial charge in [0.15, 0.2) is 0 Å². The van der Waals surface area contributed by atoms with Crippen molar-refractivity contribution in [3.63, 3.8) is 0 Å². The fraction of sp³-hybridized carbons (Fsp3) is 0.250. The number of hydrogen-bond acceptors (Lipinski definition) is 4. The van der Waals surface area contributed by atoms with E-state index < -0.39 is 17.6 Å².